The Kier molecular flexibility index (Phi) is 6.99. The molecular weight excluding hydrogens is 415 g/mol. The molecule has 8 heteroatoms. The van der Waals surface area contributed by atoms with E-state index in [1.807, 2.05) is 41.0 Å². The second-order valence-corrected chi connectivity index (χ2v) is 7.56. The Balaban J connectivity index is 1.92. The van der Waals surface area contributed by atoms with E-state index >= 15 is 0 Å². The Morgan fingerprint density at radius 2 is 1.96 bits per heavy atom. The quantitative estimate of drug-likeness (QED) is 0.451. The zero-order valence-corrected chi connectivity index (χ0v) is 17.1. The summed E-state index contributed by atoms with van der Waals surface area (Å²) in [5, 5.41) is 12.9. The lowest BCUT2D eigenvalue weighted by Gasteiger charge is -2.11. The van der Waals surface area contributed by atoms with Crippen LogP contribution in [0.4, 0.5) is 0 Å². The smallest absolute Gasteiger partial charge is 0.231 e. The van der Waals surface area contributed by atoms with Crippen molar-refractivity contribution in [2.75, 3.05) is 12.3 Å². The highest BCUT2D eigenvalue weighted by molar-refractivity contribution is 7.99. The molecule has 0 radical (unpaired) electrons. The van der Waals surface area contributed by atoms with E-state index in [9.17, 15) is 4.79 Å². The third-order valence-corrected chi connectivity index (χ3v) is 5.31. The van der Waals surface area contributed by atoms with E-state index in [-0.39, 0.29) is 18.2 Å². The van der Waals surface area contributed by atoms with Crippen LogP contribution in [0.15, 0.2) is 53.7 Å². The molecule has 0 saturated heterocycles. The lowest BCUT2D eigenvalue weighted by molar-refractivity contribution is -0.118. The van der Waals surface area contributed by atoms with E-state index in [0.29, 0.717) is 27.6 Å². The maximum absolute atomic E-state index is 11.9. The van der Waals surface area contributed by atoms with Crippen molar-refractivity contribution in [2.24, 2.45) is 0 Å². The van der Waals surface area contributed by atoms with Crippen LogP contribution in [0.2, 0.25) is 10.0 Å². The molecule has 142 valence electrons. The Labute approximate surface area is 177 Å². The zero-order valence-electron chi connectivity index (χ0n) is 14.7. The van der Waals surface area contributed by atoms with Crippen LogP contribution in [0, 0.1) is 12.3 Å². The number of rotatable bonds is 7. The molecule has 3 aromatic rings. The summed E-state index contributed by atoms with van der Waals surface area (Å²) in [6.07, 6.45) is 5.17. The van der Waals surface area contributed by atoms with Crippen LogP contribution < -0.4 is 5.32 Å². The number of benzene rings is 2. The van der Waals surface area contributed by atoms with Crippen molar-refractivity contribution in [3.63, 3.8) is 0 Å². The van der Waals surface area contributed by atoms with Crippen LogP contribution in [-0.2, 0) is 11.3 Å². The van der Waals surface area contributed by atoms with E-state index in [1.54, 1.807) is 12.1 Å². The molecule has 1 amide bonds. The number of aromatic nitrogens is 3. The summed E-state index contributed by atoms with van der Waals surface area (Å²) in [5.41, 5.74) is 1.80. The number of terminal acetylenes is 1. The Bertz CT molecular complexity index is 1010. The monoisotopic (exact) mass is 430 g/mol. The van der Waals surface area contributed by atoms with Crippen molar-refractivity contribution < 1.29 is 4.79 Å². The number of nitrogens with zero attached hydrogens (tertiary/aromatic N) is 3. The van der Waals surface area contributed by atoms with Gasteiger partial charge in [0.1, 0.15) is 0 Å². The van der Waals surface area contributed by atoms with Crippen molar-refractivity contribution in [2.45, 2.75) is 11.7 Å². The first-order valence-electron chi connectivity index (χ1n) is 8.34. The fourth-order valence-corrected chi connectivity index (χ4v) is 3.77. The average molecular weight is 431 g/mol. The van der Waals surface area contributed by atoms with Gasteiger partial charge in [0.2, 0.25) is 5.91 Å². The first-order valence-corrected chi connectivity index (χ1v) is 10.1. The molecule has 1 heterocycles. The van der Waals surface area contributed by atoms with Gasteiger partial charge in [0.05, 0.1) is 23.9 Å². The van der Waals surface area contributed by atoms with Gasteiger partial charge in [0.25, 0.3) is 0 Å². The van der Waals surface area contributed by atoms with Gasteiger partial charge in [-0.05, 0) is 23.8 Å². The van der Waals surface area contributed by atoms with Crippen molar-refractivity contribution in [3.05, 3.63) is 64.1 Å². The van der Waals surface area contributed by atoms with Crippen molar-refractivity contribution >= 4 is 40.9 Å². The minimum atomic E-state index is -0.164. The van der Waals surface area contributed by atoms with Gasteiger partial charge < -0.3 is 5.32 Å². The molecule has 1 N–H and O–H groups in total. The van der Waals surface area contributed by atoms with E-state index < -0.39 is 0 Å². The summed E-state index contributed by atoms with van der Waals surface area (Å²) in [7, 11) is 0. The molecule has 0 fully saturated rings. The maximum atomic E-state index is 11.9. The maximum Gasteiger partial charge on any atom is 0.231 e. The van der Waals surface area contributed by atoms with Crippen LogP contribution in [0.25, 0.3) is 11.4 Å². The molecule has 0 aliphatic carbocycles. The molecule has 3 rings (SSSR count). The average Bonchev–Trinajstić information content (AvgIpc) is 3.08. The minimum absolute atomic E-state index is 0.164. The van der Waals surface area contributed by atoms with Gasteiger partial charge in [-0.2, -0.15) is 0 Å². The zero-order chi connectivity index (χ0) is 19.9. The van der Waals surface area contributed by atoms with Crippen LogP contribution in [0.1, 0.15) is 5.56 Å². The highest BCUT2D eigenvalue weighted by Gasteiger charge is 2.18. The van der Waals surface area contributed by atoms with Gasteiger partial charge in [-0.15, -0.1) is 16.6 Å². The van der Waals surface area contributed by atoms with E-state index in [0.717, 1.165) is 11.1 Å². The first kappa shape index (κ1) is 20.3. The van der Waals surface area contributed by atoms with Crippen molar-refractivity contribution in [3.8, 4) is 23.7 Å². The van der Waals surface area contributed by atoms with Crippen LogP contribution in [0.5, 0.6) is 0 Å². The molecule has 1 aromatic heterocycles. The molecule has 0 unspecified atom stereocenters. The standard InChI is InChI=1S/C20H16Cl2N4OS/c1-2-10-23-18(27)13-28-20-25-24-19(16-9-8-15(21)11-17(16)22)26(20)12-14-6-4-3-5-7-14/h1,3-9,11H,10,12-13H2,(H,23,27). The predicted octanol–water partition coefficient (Wildman–Crippen LogP) is 4.14. The molecule has 0 saturated carbocycles. The minimum Gasteiger partial charge on any atom is -0.344 e. The number of thioether (sulfide) groups is 1. The number of halogens is 2. The number of nitrogens with one attached hydrogen (secondary N) is 1. The summed E-state index contributed by atoms with van der Waals surface area (Å²) in [6.45, 7) is 0.734. The second kappa shape index (κ2) is 9.65. The lowest BCUT2D eigenvalue weighted by atomic mass is 10.2. The van der Waals surface area contributed by atoms with Gasteiger partial charge in [-0.25, -0.2) is 0 Å². The fraction of sp³-hybridized carbons (Fsp3) is 0.150. The predicted molar refractivity (Wildman–Crippen MR) is 114 cm³/mol. The largest absolute Gasteiger partial charge is 0.344 e. The Hall–Kier alpha value is -2.46. The first-order chi connectivity index (χ1) is 13.6. The van der Waals surface area contributed by atoms with E-state index in [4.69, 9.17) is 29.6 Å². The fourth-order valence-electron chi connectivity index (χ4n) is 2.50. The molecule has 0 atom stereocenters. The molecular formula is C20H16Cl2N4OS. The number of amides is 1. The normalized spacial score (nSPS) is 10.5. The molecule has 0 aliphatic rings. The Morgan fingerprint density at radius 3 is 2.68 bits per heavy atom. The van der Waals surface area contributed by atoms with Crippen LogP contribution >= 0.6 is 35.0 Å². The summed E-state index contributed by atoms with van der Waals surface area (Å²) in [4.78, 5) is 11.9. The summed E-state index contributed by atoms with van der Waals surface area (Å²) in [5.74, 6) is 3.01. The van der Waals surface area contributed by atoms with Gasteiger partial charge in [0, 0.05) is 10.6 Å². The molecule has 2 aromatic carbocycles. The van der Waals surface area contributed by atoms with Gasteiger partial charge in [-0.3, -0.25) is 9.36 Å². The SMILES string of the molecule is C#CCNC(=O)CSc1nnc(-c2ccc(Cl)cc2Cl)n1Cc1ccccc1. The molecule has 28 heavy (non-hydrogen) atoms. The van der Waals surface area contributed by atoms with Crippen LogP contribution in [0.3, 0.4) is 0 Å². The summed E-state index contributed by atoms with van der Waals surface area (Å²) < 4.78 is 1.93. The highest BCUT2D eigenvalue weighted by atomic mass is 35.5. The number of hydrogen-bond donors (Lipinski definition) is 1. The third kappa shape index (κ3) is 5.08. The highest BCUT2D eigenvalue weighted by Crippen LogP contribution is 2.32. The molecule has 0 bridgehead atoms. The van der Waals surface area contributed by atoms with Crippen molar-refractivity contribution in [1.82, 2.24) is 20.1 Å². The van der Waals surface area contributed by atoms with Gasteiger partial charge in [-0.1, -0.05) is 71.2 Å². The Morgan fingerprint density at radius 1 is 1.18 bits per heavy atom. The molecule has 0 spiro atoms. The van der Waals surface area contributed by atoms with Crippen molar-refractivity contribution in [1.29, 1.82) is 0 Å². The van der Waals surface area contributed by atoms with Gasteiger partial charge >= 0.3 is 0 Å². The van der Waals surface area contributed by atoms with Crippen LogP contribution in [-0.4, -0.2) is 33.0 Å². The number of hydrogen-bond acceptors (Lipinski definition) is 4. The second-order valence-electron chi connectivity index (χ2n) is 5.77. The van der Waals surface area contributed by atoms with E-state index in [2.05, 4.69) is 21.4 Å². The topological polar surface area (TPSA) is 59.8 Å². The van der Waals surface area contributed by atoms with Gasteiger partial charge in [0.15, 0.2) is 11.0 Å². The lowest BCUT2D eigenvalue weighted by Crippen LogP contribution is -2.25. The molecule has 0 aliphatic heterocycles. The summed E-state index contributed by atoms with van der Waals surface area (Å²) >= 11 is 13.7. The number of carbonyl (C=O) groups excluding carboxylic acids is 1. The molecule has 5 nitrogen and oxygen atoms in total. The van der Waals surface area contributed by atoms with E-state index in [1.165, 1.54) is 11.8 Å². The summed E-state index contributed by atoms with van der Waals surface area (Å²) in [6, 6.07) is 15.2. The third-order valence-electron chi connectivity index (χ3n) is 3.79. The number of carbonyl (C=O) groups is 1.